The highest BCUT2D eigenvalue weighted by molar-refractivity contribution is 5.80. The number of hydrogen-bond acceptors (Lipinski definition) is 2. The average molecular weight is 351 g/mol. The lowest BCUT2D eigenvalue weighted by Crippen LogP contribution is -2.12. The van der Waals surface area contributed by atoms with Crippen molar-refractivity contribution in [3.05, 3.63) is 71.8 Å². The summed E-state index contributed by atoms with van der Waals surface area (Å²) in [5.74, 6) is -0.342. The molecule has 0 aromatic heterocycles. The second-order valence-electron chi connectivity index (χ2n) is 6.67. The molecule has 0 bridgehead atoms. The van der Waals surface area contributed by atoms with Gasteiger partial charge >= 0.3 is 0 Å². The maximum atomic E-state index is 13.7. The molecule has 4 heteroatoms. The van der Waals surface area contributed by atoms with Crippen molar-refractivity contribution in [2.24, 2.45) is 11.7 Å². The van der Waals surface area contributed by atoms with Crippen molar-refractivity contribution in [1.29, 1.82) is 0 Å². The van der Waals surface area contributed by atoms with E-state index in [2.05, 4.69) is 0 Å². The number of carbonyl (C=O) groups excluding carboxylic acids is 1. The predicted molar refractivity (Wildman–Crippen MR) is 102 cm³/mol. The van der Waals surface area contributed by atoms with Gasteiger partial charge in [0.2, 0.25) is 5.91 Å². The summed E-state index contributed by atoms with van der Waals surface area (Å²) in [5, 5.41) is 9.77. The van der Waals surface area contributed by atoms with Gasteiger partial charge in [0.25, 0.3) is 0 Å². The van der Waals surface area contributed by atoms with Gasteiger partial charge in [-0.05, 0) is 52.5 Å². The lowest BCUT2D eigenvalue weighted by atomic mass is 9.88. The third-order valence-corrected chi connectivity index (χ3v) is 4.64. The van der Waals surface area contributed by atoms with Crippen LogP contribution in [0.4, 0.5) is 4.39 Å². The summed E-state index contributed by atoms with van der Waals surface area (Å²) < 4.78 is 13.7. The third kappa shape index (κ3) is 4.02. The van der Waals surface area contributed by atoms with Gasteiger partial charge in [-0.15, -0.1) is 0 Å². The van der Waals surface area contributed by atoms with Crippen LogP contribution in [0, 0.1) is 5.92 Å². The zero-order chi connectivity index (χ0) is 18.7. The van der Waals surface area contributed by atoms with Crippen LogP contribution in [-0.2, 0) is 11.2 Å². The fourth-order valence-corrected chi connectivity index (χ4v) is 3.19. The van der Waals surface area contributed by atoms with Crippen LogP contribution < -0.4 is 5.73 Å². The van der Waals surface area contributed by atoms with E-state index < -0.39 is 6.17 Å². The van der Waals surface area contributed by atoms with Gasteiger partial charge in [0.05, 0.1) is 0 Å². The highest BCUT2D eigenvalue weighted by Crippen LogP contribution is 2.32. The minimum atomic E-state index is -0.959. The lowest BCUT2D eigenvalue weighted by molar-refractivity contribution is -0.117. The fourth-order valence-electron chi connectivity index (χ4n) is 3.19. The zero-order valence-electron chi connectivity index (χ0n) is 14.7. The van der Waals surface area contributed by atoms with Crippen LogP contribution in [-0.4, -0.2) is 17.2 Å². The summed E-state index contributed by atoms with van der Waals surface area (Å²) in [7, 11) is 0. The van der Waals surface area contributed by atoms with Crippen molar-refractivity contribution in [2.75, 3.05) is 0 Å². The van der Waals surface area contributed by atoms with Gasteiger partial charge in [-0.3, -0.25) is 4.79 Å². The number of primary amides is 1. The van der Waals surface area contributed by atoms with Gasteiger partial charge in [0, 0.05) is 12.3 Å². The molecule has 0 heterocycles. The smallest absolute Gasteiger partial charge is 0.217 e. The Hall–Kier alpha value is -2.88. The summed E-state index contributed by atoms with van der Waals surface area (Å²) in [6.45, 7) is 1.85. The molecule has 1 aliphatic rings. The highest BCUT2D eigenvalue weighted by Gasteiger charge is 2.17. The fraction of sp³-hybridized carbons (Fsp3) is 0.227. The number of benzene rings is 2. The van der Waals surface area contributed by atoms with Crippen LogP contribution in [0.25, 0.3) is 16.7 Å². The van der Waals surface area contributed by atoms with Gasteiger partial charge < -0.3 is 10.8 Å². The van der Waals surface area contributed by atoms with Gasteiger partial charge in [-0.25, -0.2) is 4.39 Å². The number of aryl methyl sites for hydroxylation is 1. The Morgan fingerprint density at radius 3 is 2.69 bits per heavy atom. The zero-order valence-corrected chi connectivity index (χ0v) is 14.7. The molecule has 2 aromatic rings. The molecule has 0 fully saturated rings. The van der Waals surface area contributed by atoms with Crippen molar-refractivity contribution in [3.63, 3.8) is 0 Å². The molecule has 2 atom stereocenters. The average Bonchev–Trinajstić information content (AvgIpc) is 2.62. The van der Waals surface area contributed by atoms with Crippen molar-refractivity contribution >= 4 is 11.5 Å². The minimum absolute atomic E-state index is 0.171. The molecule has 2 aromatic carbocycles. The van der Waals surface area contributed by atoms with Crippen molar-refractivity contribution in [1.82, 2.24) is 0 Å². The molecule has 0 radical (unpaired) electrons. The first-order valence-electron chi connectivity index (χ1n) is 8.69. The normalized spacial score (nSPS) is 19.2. The van der Waals surface area contributed by atoms with Crippen molar-refractivity contribution in [3.8, 4) is 16.9 Å². The van der Waals surface area contributed by atoms with E-state index >= 15 is 0 Å². The van der Waals surface area contributed by atoms with Gasteiger partial charge in [0.15, 0.2) is 0 Å². The molecular formula is C22H22FNO2. The number of phenols is 1. The molecule has 0 saturated heterocycles. The van der Waals surface area contributed by atoms with Crippen LogP contribution >= 0.6 is 0 Å². The Morgan fingerprint density at radius 1 is 1.19 bits per heavy atom. The Labute approximate surface area is 152 Å². The number of amides is 1. The van der Waals surface area contributed by atoms with Crippen LogP contribution in [0.1, 0.15) is 24.5 Å². The molecule has 0 saturated carbocycles. The van der Waals surface area contributed by atoms with E-state index in [0.29, 0.717) is 6.42 Å². The predicted octanol–water partition coefficient (Wildman–Crippen LogP) is 4.40. The molecular weight excluding hydrogens is 329 g/mol. The quantitative estimate of drug-likeness (QED) is 0.838. The second kappa shape index (κ2) is 7.56. The Kier molecular flexibility index (Phi) is 5.21. The molecule has 26 heavy (non-hydrogen) atoms. The number of phenolic OH excluding ortho intramolecular Hbond substituents is 1. The Morgan fingerprint density at radius 2 is 2.00 bits per heavy atom. The Balaban J connectivity index is 2.02. The molecule has 3 N–H and O–H groups in total. The highest BCUT2D eigenvalue weighted by atomic mass is 19.1. The number of halogens is 1. The number of hydrogen-bond donors (Lipinski definition) is 2. The topological polar surface area (TPSA) is 63.3 Å². The number of rotatable bonds is 5. The van der Waals surface area contributed by atoms with Crippen LogP contribution in [0.3, 0.4) is 0 Å². The van der Waals surface area contributed by atoms with Crippen LogP contribution in [0.2, 0.25) is 0 Å². The summed E-state index contributed by atoms with van der Waals surface area (Å²) in [6, 6.07) is 13.0. The van der Waals surface area contributed by atoms with E-state index in [-0.39, 0.29) is 24.0 Å². The molecule has 0 aliphatic heterocycles. The van der Waals surface area contributed by atoms with Crippen LogP contribution in [0.5, 0.6) is 5.75 Å². The first kappa shape index (κ1) is 17.9. The van der Waals surface area contributed by atoms with Crippen LogP contribution in [0.15, 0.2) is 60.7 Å². The monoisotopic (exact) mass is 351 g/mol. The number of aromatic hydroxyl groups is 1. The lowest BCUT2D eigenvalue weighted by Gasteiger charge is -2.18. The maximum absolute atomic E-state index is 13.7. The van der Waals surface area contributed by atoms with Gasteiger partial charge in [-0.2, -0.15) is 0 Å². The van der Waals surface area contributed by atoms with E-state index in [9.17, 15) is 14.3 Å². The Bertz CT molecular complexity index is 885. The van der Waals surface area contributed by atoms with E-state index in [0.717, 1.165) is 27.8 Å². The van der Waals surface area contributed by atoms with E-state index in [1.165, 1.54) is 0 Å². The number of allylic oxidation sites excluding steroid dienone is 4. The number of carbonyl (C=O) groups is 1. The largest absolute Gasteiger partial charge is 0.508 e. The first-order chi connectivity index (χ1) is 12.4. The van der Waals surface area contributed by atoms with Gasteiger partial charge in [0.1, 0.15) is 11.9 Å². The molecule has 1 amide bonds. The molecule has 1 aliphatic carbocycles. The van der Waals surface area contributed by atoms with E-state index in [1.807, 2.05) is 37.3 Å². The van der Waals surface area contributed by atoms with Crippen molar-refractivity contribution < 1.29 is 14.3 Å². The summed E-state index contributed by atoms with van der Waals surface area (Å²) in [4.78, 5) is 11.3. The van der Waals surface area contributed by atoms with Crippen molar-refractivity contribution in [2.45, 2.75) is 25.9 Å². The summed E-state index contributed by atoms with van der Waals surface area (Å²) in [5.41, 5.74) is 10.1. The summed E-state index contributed by atoms with van der Waals surface area (Å²) >= 11 is 0. The molecule has 3 rings (SSSR count). The number of nitrogens with two attached hydrogens (primary N) is 1. The third-order valence-electron chi connectivity index (χ3n) is 4.64. The van der Waals surface area contributed by atoms with E-state index in [1.54, 1.807) is 30.4 Å². The SMILES string of the molecule is CC1C=C(c2ccc(-c3cccc(O)c3)c(CCC(N)=O)c2)C=CC1F. The molecule has 3 nitrogen and oxygen atoms in total. The second-order valence-corrected chi connectivity index (χ2v) is 6.67. The molecule has 134 valence electrons. The standard InChI is InChI=1S/C22H22FNO2/c1-14-11-15(6-9-21(14)23)16-5-8-20(17-3-2-4-19(25)13-17)18(12-16)7-10-22(24)26/h2-6,8-9,11-14,21,25H,7,10H2,1H3,(H2,24,26). The van der Waals surface area contributed by atoms with E-state index in [4.69, 9.17) is 5.73 Å². The van der Waals surface area contributed by atoms with Gasteiger partial charge in [-0.1, -0.05) is 49.4 Å². The maximum Gasteiger partial charge on any atom is 0.217 e. The minimum Gasteiger partial charge on any atom is -0.508 e. The number of alkyl halides is 1. The first-order valence-corrected chi connectivity index (χ1v) is 8.69. The molecule has 2 unspecified atom stereocenters. The molecule has 0 spiro atoms. The summed E-state index contributed by atoms with van der Waals surface area (Å²) in [6.07, 6.45) is 5.09.